The lowest BCUT2D eigenvalue weighted by atomic mass is 10.0. The molecule has 0 bridgehead atoms. The second-order valence-corrected chi connectivity index (χ2v) is 4.33. The number of nitrogens with one attached hydrogen (secondary N) is 2. The zero-order valence-electron chi connectivity index (χ0n) is 9.96. The number of aromatic nitrogens is 2. The van der Waals surface area contributed by atoms with Crippen LogP contribution in [0.3, 0.4) is 0 Å². The molecule has 0 spiro atoms. The standard InChI is InChI=1S/C11H21N3O/c1-7(2)11(6-15)12-5-10-8(3)13-14-9(10)4/h7,11-12,15H,5-6H2,1-4H3,(H,13,14). The van der Waals surface area contributed by atoms with Crippen molar-refractivity contribution in [3.05, 3.63) is 17.0 Å². The molecule has 0 aliphatic heterocycles. The van der Waals surface area contributed by atoms with Gasteiger partial charge < -0.3 is 10.4 Å². The van der Waals surface area contributed by atoms with Gasteiger partial charge in [-0.15, -0.1) is 0 Å². The molecular weight excluding hydrogens is 190 g/mol. The van der Waals surface area contributed by atoms with E-state index in [1.54, 1.807) is 0 Å². The lowest BCUT2D eigenvalue weighted by Gasteiger charge is -2.19. The Morgan fingerprint density at radius 1 is 1.40 bits per heavy atom. The monoisotopic (exact) mass is 211 g/mol. The molecule has 1 atom stereocenters. The topological polar surface area (TPSA) is 60.9 Å². The first-order chi connectivity index (χ1) is 7.06. The van der Waals surface area contributed by atoms with Crippen LogP contribution in [-0.2, 0) is 6.54 Å². The van der Waals surface area contributed by atoms with Gasteiger partial charge in [-0.1, -0.05) is 13.8 Å². The van der Waals surface area contributed by atoms with Crippen molar-refractivity contribution < 1.29 is 5.11 Å². The Kier molecular flexibility index (Phi) is 4.29. The second-order valence-electron chi connectivity index (χ2n) is 4.33. The molecule has 0 saturated carbocycles. The van der Waals surface area contributed by atoms with Gasteiger partial charge in [0.1, 0.15) is 0 Å². The fraction of sp³-hybridized carbons (Fsp3) is 0.727. The van der Waals surface area contributed by atoms with Gasteiger partial charge in [-0.2, -0.15) is 5.10 Å². The molecule has 0 radical (unpaired) electrons. The average molecular weight is 211 g/mol. The minimum Gasteiger partial charge on any atom is -0.395 e. The van der Waals surface area contributed by atoms with Crippen molar-refractivity contribution in [1.82, 2.24) is 15.5 Å². The van der Waals surface area contributed by atoms with E-state index < -0.39 is 0 Å². The molecule has 4 heteroatoms. The van der Waals surface area contributed by atoms with Crippen LogP contribution in [0.5, 0.6) is 0 Å². The molecule has 86 valence electrons. The van der Waals surface area contributed by atoms with Gasteiger partial charge in [0, 0.05) is 23.8 Å². The summed E-state index contributed by atoms with van der Waals surface area (Å²) >= 11 is 0. The third-order valence-corrected chi connectivity index (χ3v) is 2.82. The molecule has 1 heterocycles. The summed E-state index contributed by atoms with van der Waals surface area (Å²) in [5.41, 5.74) is 3.33. The van der Waals surface area contributed by atoms with Crippen LogP contribution in [0.2, 0.25) is 0 Å². The molecular formula is C11H21N3O. The molecule has 1 aromatic heterocycles. The van der Waals surface area contributed by atoms with Crippen LogP contribution in [0.25, 0.3) is 0 Å². The smallest absolute Gasteiger partial charge is 0.0638 e. The van der Waals surface area contributed by atoms with E-state index in [-0.39, 0.29) is 12.6 Å². The summed E-state index contributed by atoms with van der Waals surface area (Å²) in [4.78, 5) is 0. The van der Waals surface area contributed by atoms with Crippen molar-refractivity contribution >= 4 is 0 Å². The third kappa shape index (κ3) is 3.04. The van der Waals surface area contributed by atoms with Gasteiger partial charge in [0.25, 0.3) is 0 Å². The van der Waals surface area contributed by atoms with Gasteiger partial charge in [-0.25, -0.2) is 0 Å². The first kappa shape index (κ1) is 12.2. The Morgan fingerprint density at radius 2 is 2.07 bits per heavy atom. The molecule has 1 aromatic rings. The summed E-state index contributed by atoms with van der Waals surface area (Å²) < 4.78 is 0. The maximum absolute atomic E-state index is 9.18. The van der Waals surface area contributed by atoms with E-state index in [1.807, 2.05) is 13.8 Å². The van der Waals surface area contributed by atoms with Gasteiger partial charge in [0.2, 0.25) is 0 Å². The van der Waals surface area contributed by atoms with E-state index in [0.717, 1.165) is 17.9 Å². The van der Waals surface area contributed by atoms with Crippen molar-refractivity contribution in [1.29, 1.82) is 0 Å². The summed E-state index contributed by atoms with van der Waals surface area (Å²) in [7, 11) is 0. The molecule has 0 aromatic carbocycles. The molecule has 0 fully saturated rings. The molecule has 0 saturated heterocycles. The van der Waals surface area contributed by atoms with Crippen LogP contribution in [0.1, 0.15) is 30.8 Å². The lowest BCUT2D eigenvalue weighted by Crippen LogP contribution is -2.36. The Labute approximate surface area is 91.1 Å². The van der Waals surface area contributed by atoms with Crippen molar-refractivity contribution in [3.8, 4) is 0 Å². The average Bonchev–Trinajstić information content (AvgIpc) is 2.49. The summed E-state index contributed by atoms with van der Waals surface area (Å²) in [5, 5.41) is 19.6. The highest BCUT2D eigenvalue weighted by atomic mass is 16.3. The largest absolute Gasteiger partial charge is 0.395 e. The number of hydrogen-bond acceptors (Lipinski definition) is 3. The maximum atomic E-state index is 9.18. The SMILES string of the molecule is Cc1n[nH]c(C)c1CNC(CO)C(C)C. The summed E-state index contributed by atoms with van der Waals surface area (Å²) in [6.45, 7) is 9.14. The van der Waals surface area contributed by atoms with Crippen LogP contribution in [0.4, 0.5) is 0 Å². The number of aliphatic hydroxyl groups is 1. The van der Waals surface area contributed by atoms with Crippen LogP contribution in [0.15, 0.2) is 0 Å². The third-order valence-electron chi connectivity index (χ3n) is 2.82. The van der Waals surface area contributed by atoms with E-state index in [4.69, 9.17) is 0 Å². The van der Waals surface area contributed by atoms with Crippen LogP contribution in [-0.4, -0.2) is 28.0 Å². The second kappa shape index (κ2) is 5.28. The molecule has 0 aliphatic carbocycles. The lowest BCUT2D eigenvalue weighted by molar-refractivity contribution is 0.210. The first-order valence-electron chi connectivity index (χ1n) is 5.41. The number of rotatable bonds is 5. The number of hydrogen-bond donors (Lipinski definition) is 3. The highest BCUT2D eigenvalue weighted by Crippen LogP contribution is 2.10. The van der Waals surface area contributed by atoms with Gasteiger partial charge in [-0.3, -0.25) is 5.10 Å². The Hall–Kier alpha value is -0.870. The van der Waals surface area contributed by atoms with E-state index in [0.29, 0.717) is 5.92 Å². The molecule has 1 rings (SSSR count). The predicted molar refractivity (Wildman–Crippen MR) is 60.6 cm³/mol. The van der Waals surface area contributed by atoms with Crippen molar-refractivity contribution in [2.24, 2.45) is 5.92 Å². The fourth-order valence-electron chi connectivity index (χ4n) is 1.58. The van der Waals surface area contributed by atoms with Gasteiger partial charge in [0.05, 0.1) is 12.3 Å². The number of aliphatic hydroxyl groups excluding tert-OH is 1. The summed E-state index contributed by atoms with van der Waals surface area (Å²) in [5.74, 6) is 0.433. The highest BCUT2D eigenvalue weighted by molar-refractivity contribution is 5.22. The van der Waals surface area contributed by atoms with Gasteiger partial charge in [-0.05, 0) is 19.8 Å². The highest BCUT2D eigenvalue weighted by Gasteiger charge is 2.13. The molecule has 0 aliphatic rings. The first-order valence-corrected chi connectivity index (χ1v) is 5.41. The quantitative estimate of drug-likeness (QED) is 0.684. The van der Waals surface area contributed by atoms with Crippen LogP contribution in [0, 0.1) is 19.8 Å². The number of aryl methyl sites for hydroxylation is 2. The fourth-order valence-corrected chi connectivity index (χ4v) is 1.58. The van der Waals surface area contributed by atoms with E-state index >= 15 is 0 Å². The molecule has 1 unspecified atom stereocenters. The molecule has 0 amide bonds. The minimum absolute atomic E-state index is 0.152. The predicted octanol–water partition coefficient (Wildman–Crippen LogP) is 1.13. The van der Waals surface area contributed by atoms with Gasteiger partial charge >= 0.3 is 0 Å². The van der Waals surface area contributed by atoms with E-state index in [9.17, 15) is 5.11 Å². The number of aromatic amines is 1. The van der Waals surface area contributed by atoms with Gasteiger partial charge in [0.15, 0.2) is 0 Å². The zero-order valence-corrected chi connectivity index (χ0v) is 9.96. The number of nitrogens with zero attached hydrogens (tertiary/aromatic N) is 1. The van der Waals surface area contributed by atoms with E-state index in [1.165, 1.54) is 5.56 Å². The normalized spacial score (nSPS) is 13.5. The van der Waals surface area contributed by atoms with E-state index in [2.05, 4.69) is 29.4 Å². The Balaban J connectivity index is 2.56. The van der Waals surface area contributed by atoms with Crippen molar-refractivity contribution in [2.75, 3.05) is 6.61 Å². The molecule has 4 nitrogen and oxygen atoms in total. The zero-order chi connectivity index (χ0) is 11.4. The molecule has 3 N–H and O–H groups in total. The molecule has 15 heavy (non-hydrogen) atoms. The summed E-state index contributed by atoms with van der Waals surface area (Å²) in [6.07, 6.45) is 0. The van der Waals surface area contributed by atoms with Crippen LogP contribution >= 0.6 is 0 Å². The maximum Gasteiger partial charge on any atom is 0.0638 e. The Morgan fingerprint density at radius 3 is 2.47 bits per heavy atom. The Bertz CT molecular complexity index is 287. The van der Waals surface area contributed by atoms with Crippen molar-refractivity contribution in [3.63, 3.8) is 0 Å². The number of H-pyrrole nitrogens is 1. The van der Waals surface area contributed by atoms with Crippen molar-refractivity contribution in [2.45, 2.75) is 40.3 Å². The van der Waals surface area contributed by atoms with Crippen LogP contribution < -0.4 is 5.32 Å². The summed E-state index contributed by atoms with van der Waals surface area (Å²) in [6, 6.07) is 0.152. The minimum atomic E-state index is 0.152.